The first-order chi connectivity index (χ1) is 13.7. The summed E-state index contributed by atoms with van der Waals surface area (Å²) in [5, 5.41) is 28.2. The average Bonchev–Trinajstić information content (AvgIpc) is 2.72. The summed E-state index contributed by atoms with van der Waals surface area (Å²) in [6, 6.07) is 0. The van der Waals surface area contributed by atoms with Gasteiger partial charge in [-0.25, -0.2) is 0 Å². The Morgan fingerprint density at radius 3 is 1.68 bits per heavy atom. The van der Waals surface area contributed by atoms with Crippen LogP contribution in [0.2, 0.25) is 0 Å². The Balaban J connectivity index is 2.31. The summed E-state index contributed by atoms with van der Waals surface area (Å²) in [5.74, 6) is 4.18. The van der Waals surface area contributed by atoms with Crippen LogP contribution in [0.15, 0.2) is 22.4 Å². The second-order valence-corrected chi connectivity index (χ2v) is 7.24. The SMILES string of the molecule is CN=C(NC#N)NCCSCc1nccnc1CSCCNC(=NC)NC#N. The van der Waals surface area contributed by atoms with Gasteiger partial charge in [0.2, 0.25) is 11.9 Å². The van der Waals surface area contributed by atoms with Gasteiger partial charge in [0.25, 0.3) is 0 Å². The van der Waals surface area contributed by atoms with Gasteiger partial charge in [0, 0.05) is 62.6 Å². The summed E-state index contributed by atoms with van der Waals surface area (Å²) in [6.45, 7) is 1.39. The standard InChI is InChI=1S/C16H24N10S2/c1-19-15(25-11-17)23-5-7-27-9-13-14(22-4-3-21-13)10-28-8-6-24-16(20-2)26-12-18/h3-4H,5-10H2,1-2H3,(H2,19,23,25)(H2,20,24,26). The van der Waals surface area contributed by atoms with Crippen molar-refractivity contribution in [2.45, 2.75) is 11.5 Å². The number of nitrogens with one attached hydrogen (secondary N) is 4. The van der Waals surface area contributed by atoms with Crippen LogP contribution in [0, 0.1) is 22.9 Å². The van der Waals surface area contributed by atoms with Crippen LogP contribution in [0.25, 0.3) is 0 Å². The first-order valence-electron chi connectivity index (χ1n) is 8.40. The first kappa shape index (κ1) is 23.3. The molecule has 0 aliphatic heterocycles. The van der Waals surface area contributed by atoms with Gasteiger partial charge in [-0.15, -0.1) is 0 Å². The van der Waals surface area contributed by atoms with Gasteiger partial charge < -0.3 is 10.6 Å². The minimum absolute atomic E-state index is 0.467. The molecule has 0 saturated heterocycles. The van der Waals surface area contributed by atoms with Crippen molar-refractivity contribution < 1.29 is 0 Å². The maximum atomic E-state index is 8.59. The molecule has 0 unspecified atom stereocenters. The predicted molar refractivity (Wildman–Crippen MR) is 115 cm³/mol. The van der Waals surface area contributed by atoms with Crippen molar-refractivity contribution in [3.8, 4) is 12.4 Å². The van der Waals surface area contributed by atoms with Gasteiger partial charge in [-0.3, -0.25) is 30.6 Å². The molecule has 0 amide bonds. The molecule has 0 aliphatic rings. The lowest BCUT2D eigenvalue weighted by Gasteiger charge is -2.09. The number of nitriles is 2. The second kappa shape index (κ2) is 15.4. The molecule has 10 nitrogen and oxygen atoms in total. The monoisotopic (exact) mass is 420 g/mol. The molecule has 0 spiro atoms. The number of aliphatic imine (C=N–C) groups is 2. The Morgan fingerprint density at radius 2 is 1.32 bits per heavy atom. The third-order valence-corrected chi connectivity index (χ3v) is 5.15. The van der Waals surface area contributed by atoms with E-state index in [-0.39, 0.29) is 0 Å². The summed E-state index contributed by atoms with van der Waals surface area (Å²) in [6.07, 6.45) is 7.09. The van der Waals surface area contributed by atoms with Crippen molar-refractivity contribution in [3.05, 3.63) is 23.8 Å². The van der Waals surface area contributed by atoms with E-state index in [1.54, 1.807) is 50.0 Å². The number of nitrogens with zero attached hydrogens (tertiary/aromatic N) is 6. The number of hydrogen-bond acceptors (Lipinski definition) is 8. The van der Waals surface area contributed by atoms with E-state index < -0.39 is 0 Å². The van der Waals surface area contributed by atoms with Crippen LogP contribution in [0.5, 0.6) is 0 Å². The van der Waals surface area contributed by atoms with Crippen LogP contribution in [0.3, 0.4) is 0 Å². The number of aromatic nitrogens is 2. The third kappa shape index (κ3) is 9.85. The van der Waals surface area contributed by atoms with Crippen LogP contribution in [-0.2, 0) is 11.5 Å². The highest BCUT2D eigenvalue weighted by Crippen LogP contribution is 2.17. The van der Waals surface area contributed by atoms with Crippen molar-refractivity contribution in [1.82, 2.24) is 31.2 Å². The number of guanidine groups is 2. The van der Waals surface area contributed by atoms with Crippen molar-refractivity contribution >= 4 is 35.4 Å². The molecule has 150 valence electrons. The largest absolute Gasteiger partial charge is 0.355 e. The number of rotatable bonds is 10. The van der Waals surface area contributed by atoms with Gasteiger partial charge >= 0.3 is 0 Å². The quantitative estimate of drug-likeness (QED) is 0.136. The first-order valence-corrected chi connectivity index (χ1v) is 10.7. The van der Waals surface area contributed by atoms with E-state index in [9.17, 15) is 0 Å². The van der Waals surface area contributed by atoms with Crippen LogP contribution < -0.4 is 21.3 Å². The summed E-state index contributed by atoms with van der Waals surface area (Å²) < 4.78 is 0. The van der Waals surface area contributed by atoms with Crippen molar-refractivity contribution in [2.24, 2.45) is 9.98 Å². The minimum atomic E-state index is 0.467. The number of thioether (sulfide) groups is 2. The Bertz CT molecular complexity index is 662. The fourth-order valence-electron chi connectivity index (χ4n) is 1.92. The minimum Gasteiger partial charge on any atom is -0.355 e. The van der Waals surface area contributed by atoms with E-state index in [4.69, 9.17) is 10.5 Å². The second-order valence-electron chi connectivity index (χ2n) is 5.03. The van der Waals surface area contributed by atoms with Crippen LogP contribution >= 0.6 is 23.5 Å². The van der Waals surface area contributed by atoms with Crippen molar-refractivity contribution in [1.29, 1.82) is 10.5 Å². The van der Waals surface area contributed by atoms with Gasteiger partial charge in [0.15, 0.2) is 12.4 Å². The van der Waals surface area contributed by atoms with Crippen molar-refractivity contribution in [2.75, 3.05) is 38.7 Å². The van der Waals surface area contributed by atoms with E-state index >= 15 is 0 Å². The zero-order chi connectivity index (χ0) is 20.5. The summed E-state index contributed by atoms with van der Waals surface area (Å²) in [7, 11) is 3.24. The zero-order valence-corrected chi connectivity index (χ0v) is 17.5. The molecule has 0 aliphatic carbocycles. The Labute approximate surface area is 173 Å². The molecule has 1 rings (SSSR count). The van der Waals surface area contributed by atoms with Crippen LogP contribution in [-0.4, -0.2) is 60.6 Å². The molecule has 0 atom stereocenters. The van der Waals surface area contributed by atoms with Gasteiger partial charge in [-0.05, 0) is 0 Å². The summed E-state index contributed by atoms with van der Waals surface area (Å²) >= 11 is 3.48. The maximum Gasteiger partial charge on any atom is 0.204 e. The third-order valence-electron chi connectivity index (χ3n) is 3.21. The van der Waals surface area contributed by atoms with E-state index in [1.165, 1.54) is 0 Å². The van der Waals surface area contributed by atoms with E-state index in [0.29, 0.717) is 25.0 Å². The predicted octanol–water partition coefficient (Wildman–Crippen LogP) is 0.235. The van der Waals surface area contributed by atoms with Crippen LogP contribution in [0.1, 0.15) is 11.4 Å². The Kier molecular flexibility index (Phi) is 12.8. The summed E-state index contributed by atoms with van der Waals surface area (Å²) in [5.41, 5.74) is 1.96. The molecule has 4 N–H and O–H groups in total. The fourth-order valence-corrected chi connectivity index (χ4v) is 3.57. The lowest BCUT2D eigenvalue weighted by atomic mass is 10.3. The molecular weight excluding hydrogens is 396 g/mol. The molecule has 1 heterocycles. The average molecular weight is 421 g/mol. The fraction of sp³-hybridized carbons (Fsp3) is 0.500. The van der Waals surface area contributed by atoms with Gasteiger partial charge in [0.05, 0.1) is 11.4 Å². The van der Waals surface area contributed by atoms with Gasteiger partial charge in [0.1, 0.15) is 0 Å². The summed E-state index contributed by atoms with van der Waals surface area (Å²) in [4.78, 5) is 16.7. The molecule has 1 aromatic heterocycles. The van der Waals surface area contributed by atoms with E-state index in [0.717, 1.165) is 34.4 Å². The van der Waals surface area contributed by atoms with E-state index in [1.807, 2.05) is 12.4 Å². The Morgan fingerprint density at radius 1 is 0.893 bits per heavy atom. The van der Waals surface area contributed by atoms with E-state index in [2.05, 4.69) is 41.2 Å². The van der Waals surface area contributed by atoms with Crippen molar-refractivity contribution in [3.63, 3.8) is 0 Å². The Hall–Kier alpha value is -2.70. The van der Waals surface area contributed by atoms with Gasteiger partial charge in [-0.1, -0.05) is 0 Å². The molecule has 1 aromatic rings. The molecule has 0 aromatic carbocycles. The molecule has 28 heavy (non-hydrogen) atoms. The van der Waals surface area contributed by atoms with Gasteiger partial charge in [-0.2, -0.15) is 34.0 Å². The molecule has 0 saturated carbocycles. The lowest BCUT2D eigenvalue weighted by Crippen LogP contribution is -2.35. The highest BCUT2D eigenvalue weighted by molar-refractivity contribution is 7.98. The topological polar surface area (TPSA) is 146 Å². The molecule has 0 fully saturated rings. The molecular formula is C16H24N10S2. The number of hydrogen-bond donors (Lipinski definition) is 4. The maximum absolute atomic E-state index is 8.59. The highest BCUT2D eigenvalue weighted by atomic mass is 32.2. The molecule has 0 radical (unpaired) electrons. The normalized spacial score (nSPS) is 11.3. The smallest absolute Gasteiger partial charge is 0.204 e. The lowest BCUT2D eigenvalue weighted by molar-refractivity contribution is 0.927. The zero-order valence-electron chi connectivity index (χ0n) is 15.9. The highest BCUT2D eigenvalue weighted by Gasteiger charge is 2.06. The molecule has 0 bridgehead atoms. The van der Waals surface area contributed by atoms with Crippen LogP contribution in [0.4, 0.5) is 0 Å². The molecule has 12 heteroatoms.